The molecule has 0 aliphatic carbocycles. The summed E-state index contributed by atoms with van der Waals surface area (Å²) in [6.07, 6.45) is 6.59. The molecule has 84 valence electrons. The van der Waals surface area contributed by atoms with Crippen molar-refractivity contribution in [2.75, 3.05) is 0 Å². The Bertz CT molecular complexity index is 378. The van der Waals surface area contributed by atoms with Gasteiger partial charge in [-0.05, 0) is 44.4 Å². The summed E-state index contributed by atoms with van der Waals surface area (Å²) in [5.74, 6) is 0. The molecule has 7 heteroatoms. The van der Waals surface area contributed by atoms with Crippen LogP contribution in [0, 0.1) is 0 Å². The summed E-state index contributed by atoms with van der Waals surface area (Å²) in [6.45, 7) is 5.38. The van der Waals surface area contributed by atoms with E-state index in [9.17, 15) is 0 Å². The maximum atomic E-state index is 4.09. The van der Waals surface area contributed by atoms with Gasteiger partial charge in [-0.1, -0.05) is 6.58 Å². The zero-order valence-corrected chi connectivity index (χ0v) is 11.1. The molecule has 1 rings (SSSR count). The Hall–Kier alpha value is -0.790. The van der Waals surface area contributed by atoms with Crippen LogP contribution in [-0.2, 0) is 0 Å². The van der Waals surface area contributed by atoms with E-state index in [1.165, 1.54) is 37.6 Å². The highest BCUT2D eigenvalue weighted by atomic mass is 33.5. The van der Waals surface area contributed by atoms with Crippen LogP contribution in [0.25, 0.3) is 0 Å². The zero-order valence-electron chi connectivity index (χ0n) is 8.61. The van der Waals surface area contributed by atoms with Gasteiger partial charge in [0, 0.05) is 24.8 Å². The van der Waals surface area contributed by atoms with Crippen molar-refractivity contribution >= 4 is 42.8 Å². The Morgan fingerprint density at radius 2 is 2.19 bits per heavy atom. The second kappa shape index (κ2) is 8.37. The number of amidine groups is 1. The van der Waals surface area contributed by atoms with Crippen LogP contribution < -0.4 is 0 Å². The van der Waals surface area contributed by atoms with Crippen LogP contribution in [0.5, 0.6) is 0 Å². The number of aromatic nitrogens is 2. The van der Waals surface area contributed by atoms with Crippen LogP contribution in [0.3, 0.4) is 0 Å². The van der Waals surface area contributed by atoms with Crippen LogP contribution in [0.4, 0.5) is 0 Å². The summed E-state index contributed by atoms with van der Waals surface area (Å²) in [7, 11) is 4.43. The van der Waals surface area contributed by atoms with Gasteiger partial charge in [0.05, 0.1) is 0 Å². The van der Waals surface area contributed by atoms with Gasteiger partial charge in [-0.15, -0.1) is 0 Å². The SMILES string of the molecule is C=C/N=C(\N=C/C)SSSc1ncccn1. The summed E-state index contributed by atoms with van der Waals surface area (Å²) >= 11 is 0. The second-order valence-corrected chi connectivity index (χ2v) is 6.08. The topological polar surface area (TPSA) is 50.5 Å². The summed E-state index contributed by atoms with van der Waals surface area (Å²) in [5, 5.41) is 1.38. The molecule has 1 aromatic heterocycles. The third-order valence-corrected chi connectivity index (χ3v) is 4.58. The number of rotatable bonds is 4. The highest BCUT2D eigenvalue weighted by Crippen LogP contribution is 2.39. The predicted molar refractivity (Wildman–Crippen MR) is 74.9 cm³/mol. The van der Waals surface area contributed by atoms with Crippen molar-refractivity contribution < 1.29 is 0 Å². The average molecular weight is 270 g/mol. The minimum Gasteiger partial charge on any atom is -0.235 e. The van der Waals surface area contributed by atoms with E-state index in [1.807, 2.05) is 6.92 Å². The molecule has 0 radical (unpaired) electrons. The Balaban J connectivity index is 2.39. The summed E-state index contributed by atoms with van der Waals surface area (Å²) < 4.78 is 0. The molecule has 0 fully saturated rings. The first-order valence-electron chi connectivity index (χ1n) is 4.32. The van der Waals surface area contributed by atoms with Crippen molar-refractivity contribution in [3.63, 3.8) is 0 Å². The highest BCUT2D eigenvalue weighted by molar-refractivity contribution is 9.12. The molecule has 0 N–H and O–H groups in total. The van der Waals surface area contributed by atoms with Crippen LogP contribution in [0.1, 0.15) is 6.92 Å². The van der Waals surface area contributed by atoms with Gasteiger partial charge in [0.15, 0.2) is 10.3 Å². The van der Waals surface area contributed by atoms with E-state index >= 15 is 0 Å². The predicted octanol–water partition coefficient (Wildman–Crippen LogP) is 3.46. The maximum absolute atomic E-state index is 4.09. The Morgan fingerprint density at radius 3 is 2.81 bits per heavy atom. The number of aliphatic imine (C=N–C) groups is 2. The molecule has 0 saturated heterocycles. The van der Waals surface area contributed by atoms with Gasteiger partial charge in [-0.25, -0.2) is 20.0 Å². The van der Waals surface area contributed by atoms with E-state index in [-0.39, 0.29) is 0 Å². The van der Waals surface area contributed by atoms with E-state index in [0.29, 0.717) is 5.17 Å². The monoisotopic (exact) mass is 270 g/mol. The van der Waals surface area contributed by atoms with Crippen molar-refractivity contribution in [1.29, 1.82) is 0 Å². The molecule has 1 aromatic rings. The second-order valence-electron chi connectivity index (χ2n) is 2.25. The lowest BCUT2D eigenvalue weighted by molar-refractivity contribution is 0.973. The van der Waals surface area contributed by atoms with Crippen LogP contribution in [0.15, 0.2) is 46.4 Å². The number of nitrogens with zero attached hydrogens (tertiary/aromatic N) is 4. The van der Waals surface area contributed by atoms with Crippen LogP contribution in [0.2, 0.25) is 0 Å². The third kappa shape index (κ3) is 5.34. The van der Waals surface area contributed by atoms with Gasteiger partial charge in [0.1, 0.15) is 0 Å². The smallest absolute Gasteiger partial charge is 0.199 e. The molecule has 0 spiro atoms. The molecule has 0 bridgehead atoms. The van der Waals surface area contributed by atoms with E-state index in [1.54, 1.807) is 24.7 Å². The molecular formula is C9H10N4S3. The number of hydrogen-bond acceptors (Lipinski definition) is 6. The molecule has 4 nitrogen and oxygen atoms in total. The Kier molecular flexibility index (Phi) is 6.95. The summed E-state index contributed by atoms with van der Waals surface area (Å²) in [5.41, 5.74) is 0. The minimum atomic E-state index is 0.658. The van der Waals surface area contributed by atoms with E-state index < -0.39 is 0 Å². The molecule has 16 heavy (non-hydrogen) atoms. The quantitative estimate of drug-likeness (QED) is 0.363. The lowest BCUT2D eigenvalue weighted by atomic mass is 10.7. The van der Waals surface area contributed by atoms with Gasteiger partial charge in [-0.2, -0.15) is 0 Å². The van der Waals surface area contributed by atoms with E-state index in [0.717, 1.165) is 5.16 Å². The first kappa shape index (κ1) is 13.3. The molecule has 0 aliphatic rings. The third-order valence-electron chi connectivity index (χ3n) is 1.20. The molecule has 0 amide bonds. The standard InChI is InChI=1S/C9H10N4S3/c1-3-10-8(11-4-2)14-16-15-9-12-6-5-7-13-9/h3-7H,1H2,2H3/b10-8+,11-4-. The van der Waals surface area contributed by atoms with Gasteiger partial charge in [-0.3, -0.25) is 0 Å². The minimum absolute atomic E-state index is 0.658. The average Bonchev–Trinajstić information content (AvgIpc) is 2.31. The Morgan fingerprint density at radius 1 is 1.44 bits per heavy atom. The van der Waals surface area contributed by atoms with Gasteiger partial charge >= 0.3 is 0 Å². The molecule has 0 aromatic carbocycles. The van der Waals surface area contributed by atoms with E-state index in [2.05, 4.69) is 26.5 Å². The first-order chi connectivity index (χ1) is 7.86. The zero-order chi connectivity index (χ0) is 11.6. The van der Waals surface area contributed by atoms with Crippen LogP contribution in [-0.4, -0.2) is 21.4 Å². The van der Waals surface area contributed by atoms with E-state index in [4.69, 9.17) is 0 Å². The lowest BCUT2D eigenvalue weighted by Crippen LogP contribution is -1.83. The highest BCUT2D eigenvalue weighted by Gasteiger charge is 2.01. The Labute approximate surface area is 106 Å². The molecule has 0 unspecified atom stereocenters. The van der Waals surface area contributed by atoms with Crippen LogP contribution >= 0.6 is 31.4 Å². The van der Waals surface area contributed by atoms with Gasteiger partial charge in [0.2, 0.25) is 0 Å². The summed E-state index contributed by atoms with van der Waals surface area (Å²) in [4.78, 5) is 16.3. The molecule has 0 saturated carbocycles. The lowest BCUT2D eigenvalue weighted by Gasteiger charge is -1.97. The molecule has 1 heterocycles. The first-order valence-corrected chi connectivity index (χ1v) is 7.80. The van der Waals surface area contributed by atoms with Crippen molar-refractivity contribution in [3.05, 3.63) is 31.2 Å². The van der Waals surface area contributed by atoms with Crippen molar-refractivity contribution in [2.24, 2.45) is 9.98 Å². The number of hydrogen-bond donors (Lipinski definition) is 0. The molecule has 0 atom stereocenters. The fraction of sp³-hybridized carbons (Fsp3) is 0.111. The fourth-order valence-corrected chi connectivity index (χ4v) is 3.69. The summed E-state index contributed by atoms with van der Waals surface area (Å²) in [6, 6.07) is 1.79. The molecular weight excluding hydrogens is 260 g/mol. The largest absolute Gasteiger partial charge is 0.235 e. The van der Waals surface area contributed by atoms with Crippen molar-refractivity contribution in [1.82, 2.24) is 9.97 Å². The maximum Gasteiger partial charge on any atom is 0.199 e. The normalized spacial score (nSPS) is 11.9. The van der Waals surface area contributed by atoms with Crippen molar-refractivity contribution in [2.45, 2.75) is 12.1 Å². The fourth-order valence-electron chi connectivity index (χ4n) is 0.671. The van der Waals surface area contributed by atoms with Gasteiger partial charge in [0.25, 0.3) is 0 Å². The van der Waals surface area contributed by atoms with Gasteiger partial charge < -0.3 is 0 Å². The molecule has 0 aliphatic heterocycles. The van der Waals surface area contributed by atoms with Crippen molar-refractivity contribution in [3.8, 4) is 0 Å².